The molecule has 0 amide bonds. The fourth-order valence-corrected chi connectivity index (χ4v) is 8.22. The Labute approximate surface area is 285 Å². The second kappa shape index (κ2) is 10.8. The van der Waals surface area contributed by atoms with Gasteiger partial charge < -0.3 is 9.32 Å². The molecule has 2 nitrogen and oxygen atoms in total. The number of hydrogen-bond acceptors (Lipinski definition) is 2. The number of furan rings is 1. The lowest BCUT2D eigenvalue weighted by molar-refractivity contribution is 0.669. The maximum atomic E-state index is 6.73. The zero-order valence-corrected chi connectivity index (χ0v) is 26.8. The maximum absolute atomic E-state index is 6.73. The second-order valence-corrected chi connectivity index (χ2v) is 12.9. The minimum Gasteiger partial charge on any atom is -0.454 e. The normalized spacial score (nSPS) is 13.1. The predicted molar refractivity (Wildman–Crippen MR) is 203 cm³/mol. The van der Waals surface area contributed by atoms with Crippen molar-refractivity contribution in [3.8, 4) is 11.1 Å². The standard InChI is InChI=1S/C47H31NO/c1-3-16-34(17-4-1)47(42-23-11-9-20-38(42)39-21-10-12-24-43(39)47)35-26-28-37(29-27-35)48(36-18-5-2-6-19-36)44-25-13-22-40-41-30-32-14-7-8-15-33(32)31-45(41)49-46(40)44/h1-31H. The molecule has 49 heavy (non-hydrogen) atoms. The molecule has 0 unspecified atom stereocenters. The summed E-state index contributed by atoms with van der Waals surface area (Å²) in [5.41, 5.74) is 12.2. The van der Waals surface area contributed by atoms with Crippen LogP contribution in [0.1, 0.15) is 22.3 Å². The second-order valence-electron chi connectivity index (χ2n) is 12.9. The summed E-state index contributed by atoms with van der Waals surface area (Å²) in [6, 6.07) is 67.9. The Kier molecular flexibility index (Phi) is 6.13. The minimum atomic E-state index is -0.439. The van der Waals surface area contributed by atoms with Crippen molar-refractivity contribution in [2.24, 2.45) is 0 Å². The number of nitrogens with zero attached hydrogens (tertiary/aromatic N) is 1. The first kappa shape index (κ1) is 27.7. The molecule has 8 aromatic carbocycles. The first-order valence-electron chi connectivity index (χ1n) is 16.9. The molecule has 0 bridgehead atoms. The van der Waals surface area contributed by atoms with Crippen LogP contribution in [0.4, 0.5) is 17.1 Å². The topological polar surface area (TPSA) is 16.4 Å². The number of para-hydroxylation sites is 2. The van der Waals surface area contributed by atoms with E-state index >= 15 is 0 Å². The summed E-state index contributed by atoms with van der Waals surface area (Å²) < 4.78 is 6.73. The molecule has 0 N–H and O–H groups in total. The molecule has 10 rings (SSSR count). The van der Waals surface area contributed by atoms with Crippen molar-refractivity contribution in [1.29, 1.82) is 0 Å². The summed E-state index contributed by atoms with van der Waals surface area (Å²) in [5, 5.41) is 4.62. The Balaban J connectivity index is 1.19. The van der Waals surface area contributed by atoms with Gasteiger partial charge in [-0.1, -0.05) is 146 Å². The molecule has 0 radical (unpaired) electrons. The van der Waals surface area contributed by atoms with E-state index in [1.807, 2.05) is 0 Å². The van der Waals surface area contributed by atoms with E-state index in [2.05, 4.69) is 193 Å². The van der Waals surface area contributed by atoms with Gasteiger partial charge in [0, 0.05) is 22.1 Å². The molecule has 0 fully saturated rings. The molecule has 1 aliphatic rings. The number of fused-ring (bicyclic) bond motifs is 7. The van der Waals surface area contributed by atoms with Gasteiger partial charge in [-0.2, -0.15) is 0 Å². The van der Waals surface area contributed by atoms with Crippen LogP contribution in [0.15, 0.2) is 192 Å². The number of benzene rings is 8. The molecule has 2 heteroatoms. The zero-order chi connectivity index (χ0) is 32.4. The van der Waals surface area contributed by atoms with Crippen molar-refractivity contribution >= 4 is 49.8 Å². The lowest BCUT2D eigenvalue weighted by Gasteiger charge is -2.34. The van der Waals surface area contributed by atoms with Crippen molar-refractivity contribution in [3.05, 3.63) is 210 Å². The van der Waals surface area contributed by atoms with Crippen molar-refractivity contribution in [3.63, 3.8) is 0 Å². The molecule has 1 aromatic heterocycles. The Morgan fingerprint density at radius 2 is 0.959 bits per heavy atom. The van der Waals surface area contributed by atoms with Crippen LogP contribution in [0, 0.1) is 0 Å². The highest BCUT2D eigenvalue weighted by Crippen LogP contribution is 2.56. The average molecular weight is 626 g/mol. The lowest BCUT2D eigenvalue weighted by Crippen LogP contribution is -2.28. The summed E-state index contributed by atoms with van der Waals surface area (Å²) in [5.74, 6) is 0. The summed E-state index contributed by atoms with van der Waals surface area (Å²) >= 11 is 0. The van der Waals surface area contributed by atoms with E-state index in [0.29, 0.717) is 0 Å². The van der Waals surface area contributed by atoms with Crippen LogP contribution in [0.25, 0.3) is 43.8 Å². The van der Waals surface area contributed by atoms with Crippen molar-refractivity contribution in [1.82, 2.24) is 0 Å². The molecule has 0 aliphatic heterocycles. The molecule has 0 saturated heterocycles. The third-order valence-electron chi connectivity index (χ3n) is 10.3. The fourth-order valence-electron chi connectivity index (χ4n) is 8.22. The Bertz CT molecular complexity index is 2610. The summed E-state index contributed by atoms with van der Waals surface area (Å²) in [7, 11) is 0. The van der Waals surface area contributed by atoms with Crippen LogP contribution in [-0.4, -0.2) is 0 Å². The Hall–Kier alpha value is -6.38. The van der Waals surface area contributed by atoms with Gasteiger partial charge >= 0.3 is 0 Å². The number of hydrogen-bond donors (Lipinski definition) is 0. The zero-order valence-electron chi connectivity index (χ0n) is 26.8. The van der Waals surface area contributed by atoms with E-state index in [1.54, 1.807) is 0 Å². The number of rotatable bonds is 5. The third-order valence-corrected chi connectivity index (χ3v) is 10.3. The Morgan fingerprint density at radius 1 is 0.408 bits per heavy atom. The lowest BCUT2D eigenvalue weighted by atomic mass is 9.68. The molecule has 0 spiro atoms. The highest BCUT2D eigenvalue weighted by molar-refractivity contribution is 6.13. The van der Waals surface area contributed by atoms with Crippen LogP contribution >= 0.6 is 0 Å². The van der Waals surface area contributed by atoms with Crippen LogP contribution in [-0.2, 0) is 5.41 Å². The van der Waals surface area contributed by atoms with Crippen LogP contribution in [0.5, 0.6) is 0 Å². The highest BCUT2D eigenvalue weighted by Gasteiger charge is 2.45. The first-order chi connectivity index (χ1) is 24.3. The number of anilines is 3. The van der Waals surface area contributed by atoms with E-state index < -0.39 is 5.41 Å². The van der Waals surface area contributed by atoms with Crippen LogP contribution in [0.2, 0.25) is 0 Å². The fraction of sp³-hybridized carbons (Fsp3) is 0.0213. The largest absolute Gasteiger partial charge is 0.454 e. The quantitative estimate of drug-likeness (QED) is 0.189. The molecule has 1 aliphatic carbocycles. The van der Waals surface area contributed by atoms with E-state index in [4.69, 9.17) is 4.42 Å². The van der Waals surface area contributed by atoms with E-state index in [-0.39, 0.29) is 0 Å². The van der Waals surface area contributed by atoms with Gasteiger partial charge in [0.1, 0.15) is 5.58 Å². The van der Waals surface area contributed by atoms with Gasteiger partial charge in [0.2, 0.25) is 0 Å². The summed E-state index contributed by atoms with van der Waals surface area (Å²) in [4.78, 5) is 2.32. The van der Waals surface area contributed by atoms with Crippen LogP contribution in [0.3, 0.4) is 0 Å². The summed E-state index contributed by atoms with van der Waals surface area (Å²) in [6.45, 7) is 0. The van der Waals surface area contributed by atoms with Gasteiger partial charge in [-0.3, -0.25) is 0 Å². The van der Waals surface area contributed by atoms with Gasteiger partial charge in [-0.15, -0.1) is 0 Å². The molecular weight excluding hydrogens is 595 g/mol. The summed E-state index contributed by atoms with van der Waals surface area (Å²) in [6.07, 6.45) is 0. The molecule has 9 aromatic rings. The molecule has 1 heterocycles. The minimum absolute atomic E-state index is 0.439. The van der Waals surface area contributed by atoms with Gasteiger partial charge in [-0.25, -0.2) is 0 Å². The molecule has 0 saturated carbocycles. The SMILES string of the molecule is c1ccc(N(c2ccc(C3(c4ccccc4)c4ccccc4-c4ccccc43)cc2)c2cccc3c2oc2cc4ccccc4cc23)cc1. The molecular formula is C47H31NO. The smallest absolute Gasteiger partial charge is 0.159 e. The molecule has 0 atom stereocenters. The van der Waals surface area contributed by atoms with Gasteiger partial charge in [0.15, 0.2) is 5.58 Å². The highest BCUT2D eigenvalue weighted by atomic mass is 16.3. The van der Waals surface area contributed by atoms with Crippen molar-refractivity contribution < 1.29 is 4.42 Å². The Morgan fingerprint density at radius 3 is 1.65 bits per heavy atom. The first-order valence-corrected chi connectivity index (χ1v) is 16.9. The van der Waals surface area contributed by atoms with E-state index in [9.17, 15) is 0 Å². The van der Waals surface area contributed by atoms with E-state index in [1.165, 1.54) is 44.2 Å². The van der Waals surface area contributed by atoms with Crippen molar-refractivity contribution in [2.75, 3.05) is 4.90 Å². The predicted octanol–water partition coefficient (Wildman–Crippen LogP) is 12.6. The molecule has 230 valence electrons. The third kappa shape index (κ3) is 4.07. The van der Waals surface area contributed by atoms with Gasteiger partial charge in [-0.05, 0) is 86.6 Å². The maximum Gasteiger partial charge on any atom is 0.159 e. The van der Waals surface area contributed by atoms with Gasteiger partial charge in [0.25, 0.3) is 0 Å². The van der Waals surface area contributed by atoms with E-state index in [0.717, 1.165) is 39.0 Å². The van der Waals surface area contributed by atoms with Gasteiger partial charge in [0.05, 0.1) is 11.1 Å². The van der Waals surface area contributed by atoms with Crippen LogP contribution < -0.4 is 4.90 Å². The average Bonchev–Trinajstić information content (AvgIpc) is 3.69. The monoisotopic (exact) mass is 625 g/mol. The van der Waals surface area contributed by atoms with Crippen molar-refractivity contribution in [2.45, 2.75) is 5.41 Å².